The van der Waals surface area contributed by atoms with Crippen molar-refractivity contribution in [2.75, 3.05) is 13.1 Å². The van der Waals surface area contributed by atoms with Gasteiger partial charge >= 0.3 is 6.18 Å². The fraction of sp³-hybridized carbons (Fsp3) is 0.500. The van der Waals surface area contributed by atoms with Gasteiger partial charge in [-0.05, 0) is 36.6 Å². The molecule has 1 saturated heterocycles. The molecule has 1 aromatic carbocycles. The number of nitrogens with one attached hydrogen (secondary N) is 1. The quantitative estimate of drug-likeness (QED) is 0.793. The van der Waals surface area contributed by atoms with Crippen molar-refractivity contribution < 1.29 is 22.8 Å². The number of alkyl halides is 3. The zero-order valence-electron chi connectivity index (χ0n) is 17.9. The Morgan fingerprint density at radius 3 is 2.19 bits per heavy atom. The number of amides is 2. The Labute approximate surface area is 179 Å². The van der Waals surface area contributed by atoms with Crippen molar-refractivity contribution in [1.82, 2.24) is 20.0 Å². The molecule has 2 aromatic rings. The Balaban J connectivity index is 1.50. The van der Waals surface area contributed by atoms with Crippen LogP contribution in [0.15, 0.2) is 36.5 Å². The number of aromatic nitrogens is 2. The van der Waals surface area contributed by atoms with Gasteiger partial charge in [-0.25, -0.2) is 4.68 Å². The average molecular weight is 436 g/mol. The Bertz CT molecular complexity index is 921. The van der Waals surface area contributed by atoms with Crippen LogP contribution in [0.3, 0.4) is 0 Å². The molecule has 1 fully saturated rings. The second kappa shape index (κ2) is 8.72. The molecule has 0 atom stereocenters. The van der Waals surface area contributed by atoms with Crippen LogP contribution in [0, 0.1) is 11.3 Å². The summed E-state index contributed by atoms with van der Waals surface area (Å²) in [7, 11) is 0. The molecular formula is C22H27F3N4O2. The highest BCUT2D eigenvalue weighted by Gasteiger charge is 2.34. The predicted molar refractivity (Wildman–Crippen MR) is 109 cm³/mol. The van der Waals surface area contributed by atoms with Gasteiger partial charge in [-0.3, -0.25) is 9.59 Å². The number of likely N-dealkylation sites (tertiary alicyclic amines) is 1. The monoisotopic (exact) mass is 436 g/mol. The molecule has 0 unspecified atom stereocenters. The van der Waals surface area contributed by atoms with Gasteiger partial charge in [-0.2, -0.15) is 18.3 Å². The summed E-state index contributed by atoms with van der Waals surface area (Å²) in [4.78, 5) is 26.7. The first-order valence-corrected chi connectivity index (χ1v) is 10.2. The molecule has 9 heteroatoms. The second-order valence-electron chi connectivity index (χ2n) is 8.84. The normalized spacial score (nSPS) is 15.7. The largest absolute Gasteiger partial charge is 0.435 e. The van der Waals surface area contributed by atoms with E-state index in [0.717, 1.165) is 16.3 Å². The van der Waals surface area contributed by atoms with Gasteiger partial charge in [0.05, 0.1) is 5.69 Å². The highest BCUT2D eigenvalue weighted by Crippen LogP contribution is 2.28. The highest BCUT2D eigenvalue weighted by molar-refractivity contribution is 5.82. The SMILES string of the molecule is CC(C)(C)C(=O)N1CCC(C(=O)NCc2ccc(-n3ccc(C(F)(F)F)n3)cc2)CC1. The molecule has 2 amide bonds. The minimum Gasteiger partial charge on any atom is -0.352 e. The first-order valence-electron chi connectivity index (χ1n) is 10.2. The Morgan fingerprint density at radius 1 is 1.06 bits per heavy atom. The molecule has 3 rings (SSSR count). The third-order valence-corrected chi connectivity index (χ3v) is 5.34. The summed E-state index contributed by atoms with van der Waals surface area (Å²) in [6, 6.07) is 7.73. The van der Waals surface area contributed by atoms with Crippen LogP contribution in [0.5, 0.6) is 0 Å². The number of rotatable bonds is 4. The van der Waals surface area contributed by atoms with Crippen LogP contribution in [0.2, 0.25) is 0 Å². The molecule has 168 valence electrons. The van der Waals surface area contributed by atoms with Crippen molar-refractivity contribution in [1.29, 1.82) is 0 Å². The van der Waals surface area contributed by atoms with E-state index in [0.29, 0.717) is 38.2 Å². The van der Waals surface area contributed by atoms with E-state index in [-0.39, 0.29) is 17.7 Å². The molecule has 1 N–H and O–H groups in total. The first-order chi connectivity index (χ1) is 14.4. The van der Waals surface area contributed by atoms with Crippen LogP contribution in [0.25, 0.3) is 5.69 Å². The molecule has 0 aliphatic carbocycles. The lowest BCUT2D eigenvalue weighted by molar-refractivity contribution is -0.142. The summed E-state index contributed by atoms with van der Waals surface area (Å²) in [5.41, 5.74) is -0.0349. The molecule has 0 bridgehead atoms. The third-order valence-electron chi connectivity index (χ3n) is 5.34. The number of benzene rings is 1. The predicted octanol–water partition coefficient (Wildman–Crippen LogP) is 3.79. The standard InChI is InChI=1S/C22H27F3N4O2/c1-21(2,3)20(31)28-11-8-16(9-12-28)19(30)26-14-15-4-6-17(7-5-15)29-13-10-18(27-29)22(23,24)25/h4-7,10,13,16H,8-9,11-12,14H2,1-3H3,(H,26,30). The van der Waals surface area contributed by atoms with Crippen molar-refractivity contribution >= 4 is 11.8 Å². The molecule has 2 heterocycles. The Kier molecular flexibility index (Phi) is 6.43. The molecular weight excluding hydrogens is 409 g/mol. The smallest absolute Gasteiger partial charge is 0.352 e. The molecule has 0 radical (unpaired) electrons. The molecule has 0 spiro atoms. The van der Waals surface area contributed by atoms with Crippen LogP contribution in [-0.4, -0.2) is 39.6 Å². The number of carbonyl (C=O) groups is 2. The summed E-state index contributed by atoms with van der Waals surface area (Å²) >= 11 is 0. The number of halogens is 3. The van der Waals surface area contributed by atoms with E-state index in [9.17, 15) is 22.8 Å². The number of piperidine rings is 1. The maximum Gasteiger partial charge on any atom is 0.435 e. The van der Waals surface area contributed by atoms with Crippen molar-refractivity contribution in [2.45, 2.75) is 46.3 Å². The summed E-state index contributed by atoms with van der Waals surface area (Å²) < 4.78 is 39.2. The van der Waals surface area contributed by atoms with Crippen molar-refractivity contribution in [2.24, 2.45) is 11.3 Å². The summed E-state index contributed by atoms with van der Waals surface area (Å²) in [6.07, 6.45) is -1.96. The van der Waals surface area contributed by atoms with Gasteiger partial charge in [0, 0.05) is 37.2 Å². The van der Waals surface area contributed by atoms with Gasteiger partial charge in [0.1, 0.15) is 0 Å². The lowest BCUT2D eigenvalue weighted by Gasteiger charge is -2.35. The van der Waals surface area contributed by atoms with E-state index >= 15 is 0 Å². The summed E-state index contributed by atoms with van der Waals surface area (Å²) in [5, 5.41) is 6.46. The zero-order chi connectivity index (χ0) is 22.8. The fourth-order valence-corrected chi connectivity index (χ4v) is 3.54. The second-order valence-corrected chi connectivity index (χ2v) is 8.84. The van der Waals surface area contributed by atoms with Crippen molar-refractivity contribution in [3.8, 4) is 5.69 Å². The van der Waals surface area contributed by atoms with Crippen LogP contribution in [0.1, 0.15) is 44.9 Å². The van der Waals surface area contributed by atoms with E-state index < -0.39 is 17.3 Å². The van der Waals surface area contributed by atoms with Crippen LogP contribution in [0.4, 0.5) is 13.2 Å². The van der Waals surface area contributed by atoms with Gasteiger partial charge < -0.3 is 10.2 Å². The van der Waals surface area contributed by atoms with Gasteiger partial charge in [-0.15, -0.1) is 0 Å². The maximum absolute atomic E-state index is 12.7. The fourth-order valence-electron chi connectivity index (χ4n) is 3.54. The lowest BCUT2D eigenvalue weighted by atomic mass is 9.90. The topological polar surface area (TPSA) is 67.2 Å². The molecule has 6 nitrogen and oxygen atoms in total. The molecule has 1 aliphatic rings. The lowest BCUT2D eigenvalue weighted by Crippen LogP contribution is -2.46. The van der Waals surface area contributed by atoms with Crippen LogP contribution < -0.4 is 5.32 Å². The minimum absolute atomic E-state index is 0.0474. The van der Waals surface area contributed by atoms with E-state index in [4.69, 9.17) is 0 Å². The number of carbonyl (C=O) groups excluding carboxylic acids is 2. The number of hydrogen-bond donors (Lipinski definition) is 1. The minimum atomic E-state index is -4.48. The first kappa shape index (κ1) is 22.8. The van der Waals surface area contributed by atoms with Gasteiger partial charge in [0.2, 0.25) is 11.8 Å². The molecule has 1 aliphatic heterocycles. The van der Waals surface area contributed by atoms with Gasteiger partial charge in [-0.1, -0.05) is 32.9 Å². The third kappa shape index (κ3) is 5.65. The van der Waals surface area contributed by atoms with E-state index in [2.05, 4.69) is 10.4 Å². The molecule has 1 aromatic heterocycles. The Hall–Kier alpha value is -2.84. The van der Waals surface area contributed by atoms with Gasteiger partial charge in [0.25, 0.3) is 0 Å². The summed E-state index contributed by atoms with van der Waals surface area (Å²) in [5.74, 6) is -0.0760. The summed E-state index contributed by atoms with van der Waals surface area (Å²) in [6.45, 7) is 7.15. The Morgan fingerprint density at radius 2 is 1.68 bits per heavy atom. The van der Waals surface area contributed by atoms with Gasteiger partial charge in [0.15, 0.2) is 5.69 Å². The van der Waals surface area contributed by atoms with E-state index in [1.54, 1.807) is 24.3 Å². The number of nitrogens with zero attached hydrogens (tertiary/aromatic N) is 3. The maximum atomic E-state index is 12.7. The van der Waals surface area contributed by atoms with Crippen molar-refractivity contribution in [3.05, 3.63) is 47.8 Å². The van der Waals surface area contributed by atoms with Crippen molar-refractivity contribution in [3.63, 3.8) is 0 Å². The van der Waals surface area contributed by atoms with E-state index in [1.807, 2.05) is 25.7 Å². The molecule has 0 saturated carbocycles. The average Bonchev–Trinajstić information content (AvgIpc) is 3.22. The highest BCUT2D eigenvalue weighted by atomic mass is 19.4. The number of hydrogen-bond acceptors (Lipinski definition) is 3. The van der Waals surface area contributed by atoms with Crippen LogP contribution >= 0.6 is 0 Å². The van der Waals surface area contributed by atoms with E-state index in [1.165, 1.54) is 6.20 Å². The zero-order valence-corrected chi connectivity index (χ0v) is 17.9. The van der Waals surface area contributed by atoms with Crippen LogP contribution in [-0.2, 0) is 22.3 Å². The molecule has 31 heavy (non-hydrogen) atoms.